The average molecular weight is 408 g/mol. The molecule has 2 fully saturated rings. The van der Waals surface area contributed by atoms with Crippen molar-refractivity contribution in [3.63, 3.8) is 0 Å². The van der Waals surface area contributed by atoms with E-state index in [1.54, 1.807) is 0 Å². The maximum Gasteiger partial charge on any atom is 0.191 e. The smallest absolute Gasteiger partial charge is 0.191 e. The zero-order chi connectivity index (χ0) is 19.6. The molecule has 2 aliphatic rings. The Balaban J connectivity index is 1.45. The minimum absolute atomic E-state index is 0.369. The number of nitrogens with zero attached hydrogens (tertiary/aromatic N) is 3. The fourth-order valence-electron chi connectivity index (χ4n) is 4.11. The third-order valence-corrected chi connectivity index (χ3v) is 6.65. The molecule has 0 amide bonds. The van der Waals surface area contributed by atoms with E-state index in [0.29, 0.717) is 12.0 Å². The van der Waals surface area contributed by atoms with Gasteiger partial charge in [0.1, 0.15) is 0 Å². The first-order chi connectivity index (χ1) is 13.8. The van der Waals surface area contributed by atoms with E-state index in [-0.39, 0.29) is 0 Å². The molecular weight excluding hydrogens is 370 g/mol. The topological polar surface area (TPSA) is 52.1 Å². The second kappa shape index (κ2) is 11.8. The maximum absolute atomic E-state index is 5.54. The van der Waals surface area contributed by atoms with Gasteiger partial charge in [-0.15, -0.1) is 11.3 Å². The lowest BCUT2D eigenvalue weighted by atomic mass is 10.1. The van der Waals surface area contributed by atoms with Crippen molar-refractivity contribution in [3.05, 3.63) is 22.4 Å². The summed E-state index contributed by atoms with van der Waals surface area (Å²) < 4.78 is 5.54. The number of piperidine rings is 1. The fourth-order valence-corrected chi connectivity index (χ4v) is 4.97. The van der Waals surface area contributed by atoms with Gasteiger partial charge in [-0.1, -0.05) is 19.4 Å². The lowest BCUT2D eigenvalue weighted by molar-refractivity contribution is 0.0177. The Morgan fingerprint density at radius 1 is 1.14 bits per heavy atom. The Morgan fingerprint density at radius 3 is 2.57 bits per heavy atom. The van der Waals surface area contributed by atoms with Crippen LogP contribution in [-0.4, -0.2) is 81.8 Å². The fraction of sp³-hybridized carbons (Fsp3) is 0.762. The maximum atomic E-state index is 5.54. The number of likely N-dealkylation sites (tertiary alicyclic amines) is 1. The van der Waals surface area contributed by atoms with E-state index in [4.69, 9.17) is 4.74 Å². The summed E-state index contributed by atoms with van der Waals surface area (Å²) in [5.74, 6) is 1.52. The van der Waals surface area contributed by atoms with Crippen LogP contribution < -0.4 is 10.6 Å². The summed E-state index contributed by atoms with van der Waals surface area (Å²) in [6.07, 6.45) is 4.11. The van der Waals surface area contributed by atoms with Crippen LogP contribution in [0.1, 0.15) is 37.1 Å². The molecule has 6 nitrogen and oxygen atoms in total. The van der Waals surface area contributed by atoms with Crippen molar-refractivity contribution in [2.45, 2.75) is 32.2 Å². The van der Waals surface area contributed by atoms with Gasteiger partial charge in [-0.25, -0.2) is 0 Å². The molecule has 2 unspecified atom stereocenters. The molecule has 1 aromatic rings. The quantitative estimate of drug-likeness (QED) is 0.512. The summed E-state index contributed by atoms with van der Waals surface area (Å²) in [5, 5.41) is 9.26. The number of ether oxygens (including phenoxy) is 1. The van der Waals surface area contributed by atoms with Crippen LogP contribution in [0.25, 0.3) is 0 Å². The van der Waals surface area contributed by atoms with Crippen LogP contribution in [0.5, 0.6) is 0 Å². The molecule has 158 valence electrons. The van der Waals surface area contributed by atoms with Crippen molar-refractivity contribution in [2.75, 3.05) is 66.1 Å². The van der Waals surface area contributed by atoms with Gasteiger partial charge in [-0.05, 0) is 43.3 Å². The molecule has 1 aromatic heterocycles. The predicted molar refractivity (Wildman–Crippen MR) is 118 cm³/mol. The van der Waals surface area contributed by atoms with Crippen LogP contribution in [0.4, 0.5) is 0 Å². The first-order valence-corrected chi connectivity index (χ1v) is 11.7. The molecule has 3 heterocycles. The molecule has 0 spiro atoms. The highest BCUT2D eigenvalue weighted by molar-refractivity contribution is 7.10. The number of aliphatic imine (C=N–C) groups is 1. The average Bonchev–Trinajstić information content (AvgIpc) is 3.26. The second-order valence-electron chi connectivity index (χ2n) is 7.98. The summed E-state index contributed by atoms with van der Waals surface area (Å²) >= 11 is 1.83. The van der Waals surface area contributed by atoms with Crippen molar-refractivity contribution in [1.82, 2.24) is 20.4 Å². The highest BCUT2D eigenvalue weighted by Crippen LogP contribution is 2.25. The summed E-state index contributed by atoms with van der Waals surface area (Å²) in [7, 11) is 1.86. The summed E-state index contributed by atoms with van der Waals surface area (Å²) in [6.45, 7) is 11.5. The van der Waals surface area contributed by atoms with E-state index >= 15 is 0 Å². The Labute approximate surface area is 174 Å². The standard InChI is InChI=1S/C21H37N5OS/c1-18(17-25-8-4-3-5-9-25)15-23-21(22-2)24-16-19(20-7-6-14-28-20)26-10-12-27-13-11-26/h6-7,14,18-19H,3-5,8-13,15-17H2,1-2H3,(H2,22,23,24). The van der Waals surface area contributed by atoms with E-state index in [2.05, 4.69) is 49.9 Å². The van der Waals surface area contributed by atoms with Gasteiger partial charge < -0.3 is 20.3 Å². The molecule has 0 saturated carbocycles. The Morgan fingerprint density at radius 2 is 1.89 bits per heavy atom. The number of thiophene rings is 1. The molecule has 0 aliphatic carbocycles. The van der Waals surface area contributed by atoms with E-state index in [0.717, 1.165) is 45.4 Å². The van der Waals surface area contributed by atoms with E-state index < -0.39 is 0 Å². The first-order valence-electron chi connectivity index (χ1n) is 10.8. The van der Waals surface area contributed by atoms with Crippen LogP contribution in [-0.2, 0) is 4.74 Å². The molecular formula is C21H37N5OS. The van der Waals surface area contributed by atoms with Crippen LogP contribution >= 0.6 is 11.3 Å². The number of hydrogen-bond acceptors (Lipinski definition) is 5. The van der Waals surface area contributed by atoms with Gasteiger partial charge in [0.05, 0.1) is 19.3 Å². The highest BCUT2D eigenvalue weighted by Gasteiger charge is 2.23. The number of rotatable bonds is 8. The number of guanidine groups is 1. The van der Waals surface area contributed by atoms with Crippen LogP contribution in [0.15, 0.2) is 22.5 Å². The van der Waals surface area contributed by atoms with E-state index in [1.165, 1.54) is 43.8 Å². The van der Waals surface area contributed by atoms with Crippen LogP contribution in [0, 0.1) is 5.92 Å². The van der Waals surface area contributed by atoms with Crippen molar-refractivity contribution >= 4 is 17.3 Å². The normalized spacial score (nSPS) is 22.0. The third-order valence-electron chi connectivity index (χ3n) is 5.68. The SMILES string of the molecule is CN=C(NCC(C)CN1CCCCC1)NCC(c1cccs1)N1CCOCC1. The predicted octanol–water partition coefficient (Wildman–Crippen LogP) is 2.41. The number of morpholine rings is 1. The number of hydrogen-bond donors (Lipinski definition) is 2. The lowest BCUT2D eigenvalue weighted by Gasteiger charge is -2.34. The molecule has 3 rings (SSSR count). The van der Waals surface area contributed by atoms with Crippen LogP contribution in [0.2, 0.25) is 0 Å². The first kappa shape index (κ1) is 21.6. The molecule has 28 heavy (non-hydrogen) atoms. The van der Waals surface area contributed by atoms with E-state index in [9.17, 15) is 0 Å². The molecule has 0 bridgehead atoms. The Bertz CT molecular complexity index is 567. The third kappa shape index (κ3) is 6.72. The molecule has 0 aromatic carbocycles. The van der Waals surface area contributed by atoms with Gasteiger partial charge in [0.15, 0.2) is 5.96 Å². The zero-order valence-electron chi connectivity index (χ0n) is 17.5. The summed E-state index contributed by atoms with van der Waals surface area (Å²) in [6, 6.07) is 4.75. The van der Waals surface area contributed by atoms with Crippen molar-refractivity contribution in [1.29, 1.82) is 0 Å². The molecule has 0 radical (unpaired) electrons. The monoisotopic (exact) mass is 407 g/mol. The molecule has 2 saturated heterocycles. The minimum Gasteiger partial charge on any atom is -0.379 e. The Hall–Kier alpha value is -1.15. The van der Waals surface area contributed by atoms with Crippen molar-refractivity contribution in [2.24, 2.45) is 10.9 Å². The van der Waals surface area contributed by atoms with E-state index in [1.807, 2.05) is 18.4 Å². The molecule has 2 aliphatic heterocycles. The highest BCUT2D eigenvalue weighted by atomic mass is 32.1. The molecule has 2 N–H and O–H groups in total. The summed E-state index contributed by atoms with van der Waals surface area (Å²) in [4.78, 5) is 11.0. The number of nitrogens with one attached hydrogen (secondary N) is 2. The molecule has 7 heteroatoms. The largest absolute Gasteiger partial charge is 0.379 e. The van der Waals surface area contributed by atoms with Gasteiger partial charge in [0, 0.05) is 44.6 Å². The molecule has 2 atom stereocenters. The van der Waals surface area contributed by atoms with Gasteiger partial charge in [-0.2, -0.15) is 0 Å². The second-order valence-corrected chi connectivity index (χ2v) is 8.96. The van der Waals surface area contributed by atoms with Crippen molar-refractivity contribution < 1.29 is 4.74 Å². The zero-order valence-corrected chi connectivity index (χ0v) is 18.3. The lowest BCUT2D eigenvalue weighted by Crippen LogP contribution is -2.47. The Kier molecular flexibility index (Phi) is 9.05. The summed E-state index contributed by atoms with van der Waals surface area (Å²) in [5.41, 5.74) is 0. The van der Waals surface area contributed by atoms with Gasteiger partial charge >= 0.3 is 0 Å². The van der Waals surface area contributed by atoms with Crippen LogP contribution in [0.3, 0.4) is 0 Å². The minimum atomic E-state index is 0.369. The van der Waals surface area contributed by atoms with Crippen molar-refractivity contribution in [3.8, 4) is 0 Å². The van der Waals surface area contributed by atoms with Gasteiger partial charge in [-0.3, -0.25) is 9.89 Å². The van der Waals surface area contributed by atoms with Gasteiger partial charge in [0.2, 0.25) is 0 Å². The van der Waals surface area contributed by atoms with Gasteiger partial charge in [0.25, 0.3) is 0 Å².